The Bertz CT molecular complexity index is 576. The van der Waals surface area contributed by atoms with Crippen LogP contribution in [0.3, 0.4) is 0 Å². The van der Waals surface area contributed by atoms with Gasteiger partial charge in [-0.15, -0.1) is 0 Å². The fourth-order valence-electron chi connectivity index (χ4n) is 1.70. The van der Waals surface area contributed by atoms with Crippen molar-refractivity contribution in [2.75, 3.05) is 0 Å². The van der Waals surface area contributed by atoms with Crippen LogP contribution in [-0.2, 0) is 6.42 Å². The first kappa shape index (κ1) is 12.8. The fraction of sp³-hybridized carbons (Fsp3) is 0.133. The van der Waals surface area contributed by atoms with Crippen LogP contribution < -0.4 is 0 Å². The number of ketones is 1. The van der Waals surface area contributed by atoms with Crippen molar-refractivity contribution in [1.29, 1.82) is 0 Å². The first-order chi connectivity index (χ1) is 8.58. The number of hydrogen-bond donors (Lipinski definition) is 0. The summed E-state index contributed by atoms with van der Waals surface area (Å²) >= 11 is 5.82. The van der Waals surface area contributed by atoms with Crippen LogP contribution in [0.15, 0.2) is 42.5 Å². The number of hydrogen-bond acceptors (Lipinski definition) is 1. The number of halogens is 2. The van der Waals surface area contributed by atoms with Gasteiger partial charge in [-0.2, -0.15) is 0 Å². The van der Waals surface area contributed by atoms with Gasteiger partial charge in [-0.1, -0.05) is 53.6 Å². The van der Waals surface area contributed by atoms with Crippen LogP contribution in [0.2, 0.25) is 5.02 Å². The normalized spacial score (nSPS) is 10.4. The second-order valence-electron chi connectivity index (χ2n) is 4.18. The van der Waals surface area contributed by atoms with Crippen LogP contribution in [0.4, 0.5) is 4.39 Å². The Kier molecular flexibility index (Phi) is 3.78. The van der Waals surface area contributed by atoms with Crippen molar-refractivity contribution in [2.24, 2.45) is 0 Å². The molecule has 0 unspecified atom stereocenters. The molecule has 0 saturated heterocycles. The summed E-state index contributed by atoms with van der Waals surface area (Å²) in [5.41, 5.74) is 2.22. The third-order valence-electron chi connectivity index (χ3n) is 2.76. The molecule has 0 amide bonds. The monoisotopic (exact) mass is 262 g/mol. The van der Waals surface area contributed by atoms with E-state index in [0.29, 0.717) is 11.1 Å². The summed E-state index contributed by atoms with van der Waals surface area (Å²) in [6, 6.07) is 11.8. The summed E-state index contributed by atoms with van der Waals surface area (Å²) in [7, 11) is 0. The zero-order valence-electron chi connectivity index (χ0n) is 9.91. The quantitative estimate of drug-likeness (QED) is 0.757. The Morgan fingerprint density at radius 1 is 1.17 bits per heavy atom. The van der Waals surface area contributed by atoms with Crippen molar-refractivity contribution < 1.29 is 9.18 Å². The predicted octanol–water partition coefficient (Wildman–Crippen LogP) is 4.21. The summed E-state index contributed by atoms with van der Waals surface area (Å²) in [4.78, 5) is 12.0. The highest BCUT2D eigenvalue weighted by atomic mass is 35.5. The van der Waals surface area contributed by atoms with Crippen molar-refractivity contribution in [3.63, 3.8) is 0 Å². The molecule has 2 aromatic rings. The Morgan fingerprint density at radius 3 is 2.50 bits per heavy atom. The molecule has 0 radical (unpaired) electrons. The smallest absolute Gasteiger partial charge is 0.167 e. The molecule has 3 heteroatoms. The summed E-state index contributed by atoms with van der Waals surface area (Å²) in [6.45, 7) is 1.96. The van der Waals surface area contributed by atoms with E-state index in [0.717, 1.165) is 5.56 Å². The first-order valence-electron chi connectivity index (χ1n) is 5.60. The van der Waals surface area contributed by atoms with Crippen LogP contribution in [0.5, 0.6) is 0 Å². The van der Waals surface area contributed by atoms with Gasteiger partial charge in [0.2, 0.25) is 0 Å². The van der Waals surface area contributed by atoms with E-state index in [1.165, 1.54) is 6.07 Å². The molecule has 0 bridgehead atoms. The number of Topliss-reactive ketones (excluding diaryl/α,β-unsaturated/α-hetero) is 1. The minimum atomic E-state index is -0.495. The van der Waals surface area contributed by atoms with Crippen molar-refractivity contribution in [3.05, 3.63) is 70.0 Å². The van der Waals surface area contributed by atoms with Crippen LogP contribution >= 0.6 is 11.6 Å². The second-order valence-corrected chi connectivity index (χ2v) is 4.56. The number of carbonyl (C=O) groups is 1. The molecule has 0 aromatic heterocycles. The Hall–Kier alpha value is -1.67. The van der Waals surface area contributed by atoms with E-state index in [-0.39, 0.29) is 17.2 Å². The summed E-state index contributed by atoms with van der Waals surface area (Å²) in [5.74, 6) is -0.562. The molecule has 2 rings (SSSR count). The van der Waals surface area contributed by atoms with Crippen molar-refractivity contribution in [3.8, 4) is 0 Å². The molecule has 0 saturated carbocycles. The zero-order valence-corrected chi connectivity index (χ0v) is 10.7. The largest absolute Gasteiger partial charge is 0.294 e. The van der Waals surface area contributed by atoms with Gasteiger partial charge in [-0.25, -0.2) is 4.39 Å². The highest BCUT2D eigenvalue weighted by molar-refractivity contribution is 6.31. The maximum Gasteiger partial charge on any atom is 0.167 e. The molecule has 92 valence electrons. The van der Waals surface area contributed by atoms with Gasteiger partial charge in [-0.3, -0.25) is 4.79 Å². The van der Waals surface area contributed by atoms with E-state index in [4.69, 9.17) is 11.6 Å². The fourth-order valence-corrected chi connectivity index (χ4v) is 1.89. The van der Waals surface area contributed by atoms with E-state index in [1.54, 1.807) is 24.3 Å². The lowest BCUT2D eigenvalue weighted by Gasteiger charge is -2.05. The molecular weight excluding hydrogens is 251 g/mol. The molecular formula is C15H12ClFO. The lowest BCUT2D eigenvalue weighted by atomic mass is 10.0. The molecule has 0 N–H and O–H groups in total. The van der Waals surface area contributed by atoms with E-state index >= 15 is 0 Å². The lowest BCUT2D eigenvalue weighted by molar-refractivity contribution is 0.0993. The third kappa shape index (κ3) is 2.77. The van der Waals surface area contributed by atoms with Gasteiger partial charge in [0.25, 0.3) is 0 Å². The number of carbonyl (C=O) groups excluding carboxylic acids is 1. The van der Waals surface area contributed by atoms with Crippen molar-refractivity contribution in [1.82, 2.24) is 0 Å². The van der Waals surface area contributed by atoms with E-state index < -0.39 is 5.82 Å². The maximum atomic E-state index is 13.2. The van der Waals surface area contributed by atoms with Crippen LogP contribution in [0.1, 0.15) is 21.5 Å². The maximum absolute atomic E-state index is 13.2. The molecule has 1 nitrogen and oxygen atoms in total. The van der Waals surface area contributed by atoms with E-state index in [1.807, 2.05) is 19.1 Å². The molecule has 0 aliphatic carbocycles. The average molecular weight is 263 g/mol. The molecule has 0 heterocycles. The zero-order chi connectivity index (χ0) is 13.1. The third-order valence-corrected chi connectivity index (χ3v) is 3.18. The number of aryl methyl sites for hydroxylation is 1. The Balaban J connectivity index is 2.21. The van der Waals surface area contributed by atoms with Gasteiger partial charge in [0.1, 0.15) is 5.82 Å². The summed E-state index contributed by atoms with van der Waals surface area (Å²) in [5, 5.41) is 0.0259. The molecule has 0 fully saturated rings. The van der Waals surface area contributed by atoms with Crippen LogP contribution in [-0.4, -0.2) is 5.78 Å². The van der Waals surface area contributed by atoms with Gasteiger partial charge in [0.15, 0.2) is 5.78 Å². The molecule has 2 aromatic carbocycles. The highest BCUT2D eigenvalue weighted by Crippen LogP contribution is 2.21. The standard InChI is InChI=1S/C15H12ClFO/c1-10-5-7-11(8-6-10)14(18)9-12-3-2-4-13(17)15(12)16/h2-8H,9H2,1H3. The Morgan fingerprint density at radius 2 is 1.83 bits per heavy atom. The molecule has 0 spiro atoms. The molecule has 0 atom stereocenters. The average Bonchev–Trinajstić information content (AvgIpc) is 2.36. The van der Waals surface area contributed by atoms with Crippen molar-refractivity contribution >= 4 is 17.4 Å². The highest BCUT2D eigenvalue weighted by Gasteiger charge is 2.11. The van der Waals surface area contributed by atoms with E-state index in [9.17, 15) is 9.18 Å². The number of benzene rings is 2. The number of rotatable bonds is 3. The minimum absolute atomic E-state index is 0.0259. The van der Waals surface area contributed by atoms with Gasteiger partial charge in [0, 0.05) is 12.0 Å². The lowest BCUT2D eigenvalue weighted by Crippen LogP contribution is -2.04. The SMILES string of the molecule is Cc1ccc(C(=O)Cc2cccc(F)c2Cl)cc1. The molecule has 18 heavy (non-hydrogen) atoms. The van der Waals surface area contributed by atoms with Crippen LogP contribution in [0, 0.1) is 12.7 Å². The molecule has 0 aliphatic rings. The van der Waals surface area contributed by atoms with Gasteiger partial charge in [-0.05, 0) is 18.6 Å². The van der Waals surface area contributed by atoms with Gasteiger partial charge in [0.05, 0.1) is 5.02 Å². The topological polar surface area (TPSA) is 17.1 Å². The summed E-state index contributed by atoms with van der Waals surface area (Å²) in [6.07, 6.45) is 0.111. The van der Waals surface area contributed by atoms with Crippen LogP contribution in [0.25, 0.3) is 0 Å². The predicted molar refractivity (Wildman–Crippen MR) is 70.6 cm³/mol. The molecule has 0 aliphatic heterocycles. The van der Waals surface area contributed by atoms with Crippen molar-refractivity contribution in [2.45, 2.75) is 13.3 Å². The van der Waals surface area contributed by atoms with Gasteiger partial charge < -0.3 is 0 Å². The first-order valence-corrected chi connectivity index (χ1v) is 5.98. The second kappa shape index (κ2) is 5.32. The van der Waals surface area contributed by atoms with Gasteiger partial charge >= 0.3 is 0 Å². The van der Waals surface area contributed by atoms with E-state index in [2.05, 4.69) is 0 Å². The Labute approximate surface area is 110 Å². The summed E-state index contributed by atoms with van der Waals surface area (Å²) < 4.78 is 13.2. The minimum Gasteiger partial charge on any atom is -0.294 e.